The van der Waals surface area contributed by atoms with Crippen LogP contribution in [0.3, 0.4) is 0 Å². The molecule has 0 bridgehead atoms. The van der Waals surface area contributed by atoms with Gasteiger partial charge in [0.15, 0.2) is 0 Å². The SMILES string of the molecule is O=C(Nc1ccc(OC2CSC2)cc1)c1cccc(I)c1. The number of carbonyl (C=O) groups is 1. The van der Waals surface area contributed by atoms with E-state index in [-0.39, 0.29) is 5.91 Å². The van der Waals surface area contributed by atoms with Crippen LogP contribution in [0.4, 0.5) is 5.69 Å². The van der Waals surface area contributed by atoms with Crippen LogP contribution in [0.25, 0.3) is 0 Å². The molecular weight excluding hydrogens is 397 g/mol. The third-order valence-electron chi connectivity index (χ3n) is 3.11. The van der Waals surface area contributed by atoms with Crippen LogP contribution in [0, 0.1) is 3.57 Å². The molecule has 3 rings (SSSR count). The van der Waals surface area contributed by atoms with Gasteiger partial charge in [0, 0.05) is 26.3 Å². The highest BCUT2D eigenvalue weighted by molar-refractivity contribution is 14.1. The second-order valence-corrected chi connectivity index (χ2v) is 7.09. The van der Waals surface area contributed by atoms with Gasteiger partial charge in [-0.1, -0.05) is 6.07 Å². The first kappa shape index (κ1) is 14.7. The summed E-state index contributed by atoms with van der Waals surface area (Å²) in [6, 6.07) is 15.0. The van der Waals surface area contributed by atoms with Gasteiger partial charge < -0.3 is 10.1 Å². The third kappa shape index (κ3) is 3.91. The quantitative estimate of drug-likeness (QED) is 0.772. The Morgan fingerprint density at radius 2 is 1.95 bits per heavy atom. The molecule has 1 amide bonds. The van der Waals surface area contributed by atoms with Crippen LogP contribution in [0.5, 0.6) is 5.75 Å². The van der Waals surface area contributed by atoms with Crippen molar-refractivity contribution in [1.29, 1.82) is 0 Å². The molecule has 0 radical (unpaired) electrons. The lowest BCUT2D eigenvalue weighted by atomic mass is 10.2. The number of hydrogen-bond donors (Lipinski definition) is 1. The van der Waals surface area contributed by atoms with Crippen molar-refractivity contribution in [1.82, 2.24) is 0 Å². The molecule has 0 saturated carbocycles. The maximum Gasteiger partial charge on any atom is 0.255 e. The first-order valence-corrected chi connectivity index (χ1v) is 8.85. The lowest BCUT2D eigenvalue weighted by Crippen LogP contribution is -2.30. The molecule has 0 atom stereocenters. The smallest absolute Gasteiger partial charge is 0.255 e. The van der Waals surface area contributed by atoms with Crippen molar-refractivity contribution in [2.45, 2.75) is 6.10 Å². The van der Waals surface area contributed by atoms with Crippen molar-refractivity contribution in [3.8, 4) is 5.75 Å². The topological polar surface area (TPSA) is 38.3 Å². The summed E-state index contributed by atoms with van der Waals surface area (Å²) < 4.78 is 6.82. The Morgan fingerprint density at radius 3 is 2.57 bits per heavy atom. The summed E-state index contributed by atoms with van der Waals surface area (Å²) in [4.78, 5) is 12.1. The second-order valence-electron chi connectivity index (χ2n) is 4.77. The average molecular weight is 411 g/mol. The van der Waals surface area contributed by atoms with Crippen molar-refractivity contribution >= 4 is 45.9 Å². The molecule has 1 N–H and O–H groups in total. The van der Waals surface area contributed by atoms with Crippen LogP contribution in [0.2, 0.25) is 0 Å². The van der Waals surface area contributed by atoms with Gasteiger partial charge in [-0.3, -0.25) is 4.79 Å². The average Bonchev–Trinajstić information content (AvgIpc) is 2.44. The van der Waals surface area contributed by atoms with Gasteiger partial charge in [0.25, 0.3) is 5.91 Å². The number of thioether (sulfide) groups is 1. The highest BCUT2D eigenvalue weighted by Gasteiger charge is 2.19. The summed E-state index contributed by atoms with van der Waals surface area (Å²) in [5.74, 6) is 2.88. The number of benzene rings is 2. The van der Waals surface area contributed by atoms with Gasteiger partial charge >= 0.3 is 0 Å². The van der Waals surface area contributed by atoms with Crippen molar-refractivity contribution in [2.75, 3.05) is 16.8 Å². The lowest BCUT2D eigenvalue weighted by molar-refractivity contribution is 0.102. The monoisotopic (exact) mass is 411 g/mol. The molecule has 1 aliphatic heterocycles. The van der Waals surface area contributed by atoms with Crippen LogP contribution < -0.4 is 10.1 Å². The largest absolute Gasteiger partial charge is 0.489 e. The molecule has 1 fully saturated rings. The first-order valence-electron chi connectivity index (χ1n) is 6.62. The van der Waals surface area contributed by atoms with Gasteiger partial charge in [-0.2, -0.15) is 11.8 Å². The van der Waals surface area contributed by atoms with Gasteiger partial charge in [0.1, 0.15) is 11.9 Å². The highest BCUT2D eigenvalue weighted by Crippen LogP contribution is 2.25. The Kier molecular flexibility index (Phi) is 4.70. The standard InChI is InChI=1S/C16H14INO2S/c17-12-3-1-2-11(8-12)16(19)18-13-4-6-14(7-5-13)20-15-9-21-10-15/h1-8,15H,9-10H2,(H,18,19). The Morgan fingerprint density at radius 1 is 1.19 bits per heavy atom. The number of carbonyl (C=O) groups excluding carboxylic acids is 1. The van der Waals surface area contributed by atoms with Gasteiger partial charge in [-0.25, -0.2) is 0 Å². The van der Waals surface area contributed by atoms with Crippen molar-refractivity contribution in [3.05, 3.63) is 57.7 Å². The molecule has 1 heterocycles. The van der Waals surface area contributed by atoms with E-state index in [2.05, 4.69) is 27.9 Å². The fourth-order valence-corrected chi connectivity index (χ4v) is 3.03. The summed E-state index contributed by atoms with van der Waals surface area (Å²) in [6.07, 6.45) is 0.335. The van der Waals surface area contributed by atoms with Crippen molar-refractivity contribution < 1.29 is 9.53 Å². The summed E-state index contributed by atoms with van der Waals surface area (Å²) in [5, 5.41) is 2.89. The Balaban J connectivity index is 1.63. The molecule has 0 spiro atoms. The Hall–Kier alpha value is -1.21. The van der Waals surface area contributed by atoms with Gasteiger partial charge in [0.2, 0.25) is 0 Å². The molecule has 0 unspecified atom stereocenters. The number of ether oxygens (including phenoxy) is 1. The minimum absolute atomic E-state index is 0.0995. The van der Waals surface area contributed by atoms with Gasteiger partial charge in [-0.05, 0) is 65.1 Å². The lowest BCUT2D eigenvalue weighted by Gasteiger charge is -2.25. The molecule has 108 valence electrons. The minimum atomic E-state index is -0.0995. The summed E-state index contributed by atoms with van der Waals surface area (Å²) >= 11 is 4.09. The maximum atomic E-state index is 12.1. The van der Waals surface area contributed by atoms with Gasteiger partial charge in [-0.15, -0.1) is 0 Å². The summed E-state index contributed by atoms with van der Waals surface area (Å²) in [7, 11) is 0. The fraction of sp³-hybridized carbons (Fsp3) is 0.188. The van der Waals surface area contributed by atoms with Crippen LogP contribution in [-0.2, 0) is 0 Å². The zero-order chi connectivity index (χ0) is 14.7. The fourth-order valence-electron chi connectivity index (χ4n) is 1.92. The molecule has 0 aliphatic carbocycles. The number of nitrogens with one attached hydrogen (secondary N) is 1. The number of anilines is 1. The van der Waals surface area contributed by atoms with Crippen LogP contribution in [0.15, 0.2) is 48.5 Å². The Bertz CT molecular complexity index is 641. The van der Waals surface area contributed by atoms with Crippen LogP contribution in [-0.4, -0.2) is 23.5 Å². The molecule has 3 nitrogen and oxygen atoms in total. The van der Waals surface area contributed by atoms with Crippen LogP contribution in [0.1, 0.15) is 10.4 Å². The van der Waals surface area contributed by atoms with E-state index in [1.807, 2.05) is 60.3 Å². The highest BCUT2D eigenvalue weighted by atomic mass is 127. The number of rotatable bonds is 4. The van der Waals surface area contributed by atoms with Crippen molar-refractivity contribution in [3.63, 3.8) is 0 Å². The first-order chi connectivity index (χ1) is 10.2. The molecular formula is C16H14INO2S. The summed E-state index contributed by atoms with van der Waals surface area (Å²) in [5.41, 5.74) is 1.43. The third-order valence-corrected chi connectivity index (χ3v) is 5.00. The number of halogens is 1. The van der Waals surface area contributed by atoms with E-state index in [1.54, 1.807) is 0 Å². The van der Waals surface area contributed by atoms with Crippen molar-refractivity contribution in [2.24, 2.45) is 0 Å². The van der Waals surface area contributed by atoms with E-state index < -0.39 is 0 Å². The molecule has 0 aromatic heterocycles. The number of amides is 1. The van der Waals surface area contributed by atoms with E-state index in [1.165, 1.54) is 0 Å². The molecule has 2 aromatic rings. The molecule has 1 saturated heterocycles. The zero-order valence-corrected chi connectivity index (χ0v) is 14.2. The van der Waals surface area contributed by atoms with E-state index >= 15 is 0 Å². The molecule has 2 aromatic carbocycles. The zero-order valence-electron chi connectivity index (χ0n) is 11.2. The predicted molar refractivity (Wildman–Crippen MR) is 95.3 cm³/mol. The number of hydrogen-bond acceptors (Lipinski definition) is 3. The molecule has 5 heteroatoms. The normalized spacial score (nSPS) is 14.3. The predicted octanol–water partition coefficient (Wildman–Crippen LogP) is 4.04. The molecule has 1 aliphatic rings. The van der Waals surface area contributed by atoms with E-state index in [4.69, 9.17) is 4.74 Å². The van der Waals surface area contributed by atoms with E-state index in [0.29, 0.717) is 11.7 Å². The second kappa shape index (κ2) is 6.70. The summed E-state index contributed by atoms with van der Waals surface area (Å²) in [6.45, 7) is 0. The minimum Gasteiger partial charge on any atom is -0.489 e. The maximum absolute atomic E-state index is 12.1. The molecule has 21 heavy (non-hydrogen) atoms. The van der Waals surface area contributed by atoms with E-state index in [0.717, 1.165) is 26.5 Å². The Labute approximate surface area is 141 Å². The van der Waals surface area contributed by atoms with Gasteiger partial charge in [0.05, 0.1) is 0 Å². The van der Waals surface area contributed by atoms with Crippen LogP contribution >= 0.6 is 34.4 Å². The van der Waals surface area contributed by atoms with E-state index in [9.17, 15) is 4.79 Å².